The third-order valence-electron chi connectivity index (χ3n) is 2.80. The van der Waals surface area contributed by atoms with Crippen molar-refractivity contribution in [1.29, 1.82) is 5.26 Å². The number of amides is 1. The van der Waals surface area contributed by atoms with E-state index in [0.717, 1.165) is 5.56 Å². The molecule has 0 bridgehead atoms. The molecule has 1 N–H and O–H groups in total. The van der Waals surface area contributed by atoms with Crippen molar-refractivity contribution in [2.45, 2.75) is 6.92 Å². The van der Waals surface area contributed by atoms with Gasteiger partial charge in [0.1, 0.15) is 17.5 Å². The summed E-state index contributed by atoms with van der Waals surface area (Å²) in [7, 11) is 0. The molecule has 0 heterocycles. The predicted molar refractivity (Wildman–Crippen MR) is 79.8 cm³/mol. The number of hydrogen-bond donors (Lipinski definition) is 1. The van der Waals surface area contributed by atoms with E-state index in [1.165, 1.54) is 24.3 Å². The second-order valence-electron chi connectivity index (χ2n) is 4.55. The number of anilines is 1. The van der Waals surface area contributed by atoms with Crippen molar-refractivity contribution in [3.63, 3.8) is 0 Å². The quantitative estimate of drug-likeness (QED) is 0.688. The third-order valence-corrected chi connectivity index (χ3v) is 2.80. The maximum atomic E-state index is 13.1. The van der Waals surface area contributed by atoms with Crippen LogP contribution in [0.3, 0.4) is 0 Å². The molecule has 2 rings (SSSR count). The molecular weight excluding hydrogens is 267 g/mol. The van der Waals surface area contributed by atoms with Crippen molar-refractivity contribution in [3.8, 4) is 6.07 Å². The van der Waals surface area contributed by atoms with Gasteiger partial charge in [-0.25, -0.2) is 4.39 Å². The molecule has 0 saturated heterocycles. The molecule has 0 unspecified atom stereocenters. The zero-order valence-electron chi connectivity index (χ0n) is 11.4. The Morgan fingerprint density at radius 3 is 2.67 bits per heavy atom. The van der Waals surface area contributed by atoms with Crippen molar-refractivity contribution >= 4 is 17.7 Å². The van der Waals surface area contributed by atoms with Crippen LogP contribution in [0.4, 0.5) is 10.1 Å². The van der Waals surface area contributed by atoms with E-state index in [9.17, 15) is 9.18 Å². The second-order valence-corrected chi connectivity index (χ2v) is 4.55. The Labute approximate surface area is 122 Å². The number of benzene rings is 2. The summed E-state index contributed by atoms with van der Waals surface area (Å²) >= 11 is 0. The van der Waals surface area contributed by atoms with Crippen molar-refractivity contribution in [2.24, 2.45) is 0 Å². The first-order valence-electron chi connectivity index (χ1n) is 6.34. The highest BCUT2D eigenvalue weighted by atomic mass is 19.1. The second kappa shape index (κ2) is 6.49. The lowest BCUT2D eigenvalue weighted by molar-refractivity contribution is -0.112. The minimum absolute atomic E-state index is 0.0814. The molecule has 2 aromatic rings. The molecule has 0 spiro atoms. The molecule has 1 amide bonds. The predicted octanol–water partition coefficient (Wildman–Crippen LogP) is 3.68. The van der Waals surface area contributed by atoms with Gasteiger partial charge in [0.25, 0.3) is 5.91 Å². The first kappa shape index (κ1) is 14.5. The fourth-order valence-corrected chi connectivity index (χ4v) is 1.83. The monoisotopic (exact) mass is 280 g/mol. The molecule has 0 aliphatic rings. The standard InChI is InChI=1S/C17H13FN2O/c1-12-4-2-7-16(8-12)20-17(21)14(11-19)9-13-5-3-6-15(18)10-13/h2-10H,1H3,(H,20,21)/b14-9-. The summed E-state index contributed by atoms with van der Waals surface area (Å²) in [4.78, 5) is 12.0. The topological polar surface area (TPSA) is 52.9 Å². The van der Waals surface area contributed by atoms with Crippen molar-refractivity contribution in [1.82, 2.24) is 0 Å². The fourth-order valence-electron chi connectivity index (χ4n) is 1.83. The Balaban J connectivity index is 2.21. The van der Waals surface area contributed by atoms with Crippen LogP contribution in [0.5, 0.6) is 0 Å². The number of aryl methyl sites for hydroxylation is 1. The Morgan fingerprint density at radius 1 is 1.24 bits per heavy atom. The highest BCUT2D eigenvalue weighted by molar-refractivity contribution is 6.09. The van der Waals surface area contributed by atoms with Gasteiger partial charge in [-0.15, -0.1) is 0 Å². The average molecular weight is 280 g/mol. The first-order chi connectivity index (χ1) is 10.1. The molecule has 21 heavy (non-hydrogen) atoms. The van der Waals surface area contributed by atoms with E-state index < -0.39 is 11.7 Å². The number of hydrogen-bond acceptors (Lipinski definition) is 2. The molecule has 0 saturated carbocycles. The van der Waals surface area contributed by atoms with Crippen LogP contribution in [0.2, 0.25) is 0 Å². The van der Waals surface area contributed by atoms with Crippen LogP contribution >= 0.6 is 0 Å². The molecule has 0 radical (unpaired) electrons. The van der Waals surface area contributed by atoms with Gasteiger partial charge in [-0.1, -0.05) is 24.3 Å². The van der Waals surface area contributed by atoms with Crippen molar-refractivity contribution in [2.75, 3.05) is 5.32 Å². The van der Waals surface area contributed by atoms with Crippen LogP contribution in [0.15, 0.2) is 54.1 Å². The van der Waals surface area contributed by atoms with Crippen molar-refractivity contribution in [3.05, 3.63) is 71.0 Å². The molecule has 104 valence electrons. The third kappa shape index (κ3) is 4.02. The lowest BCUT2D eigenvalue weighted by Gasteiger charge is -2.05. The van der Waals surface area contributed by atoms with E-state index in [0.29, 0.717) is 11.3 Å². The van der Waals surface area contributed by atoms with E-state index in [-0.39, 0.29) is 5.57 Å². The maximum Gasteiger partial charge on any atom is 0.266 e. The minimum atomic E-state index is -0.521. The lowest BCUT2D eigenvalue weighted by atomic mass is 10.1. The SMILES string of the molecule is Cc1cccc(NC(=O)/C(C#N)=C\c2cccc(F)c2)c1. The number of halogens is 1. The first-order valence-corrected chi connectivity index (χ1v) is 6.34. The number of nitrogens with one attached hydrogen (secondary N) is 1. The van der Waals surface area contributed by atoms with E-state index in [1.54, 1.807) is 18.2 Å². The molecule has 0 aromatic heterocycles. The summed E-state index contributed by atoms with van der Waals surface area (Å²) in [5.41, 5.74) is 1.99. The van der Waals surface area contributed by atoms with E-state index >= 15 is 0 Å². The van der Waals surface area contributed by atoms with Crippen LogP contribution in [0.1, 0.15) is 11.1 Å². The van der Waals surface area contributed by atoms with Gasteiger partial charge in [0, 0.05) is 5.69 Å². The van der Waals surface area contributed by atoms with Crippen LogP contribution in [0, 0.1) is 24.1 Å². The maximum absolute atomic E-state index is 13.1. The summed E-state index contributed by atoms with van der Waals surface area (Å²) < 4.78 is 13.1. The number of carbonyl (C=O) groups excluding carboxylic acids is 1. The zero-order chi connectivity index (χ0) is 15.2. The number of nitrogens with zero attached hydrogens (tertiary/aromatic N) is 1. The van der Waals surface area contributed by atoms with Gasteiger partial charge < -0.3 is 5.32 Å². The lowest BCUT2D eigenvalue weighted by Crippen LogP contribution is -2.13. The van der Waals surface area contributed by atoms with Crippen LogP contribution < -0.4 is 5.32 Å². The van der Waals surface area contributed by atoms with E-state index in [1.807, 2.05) is 25.1 Å². The molecule has 0 aliphatic heterocycles. The highest BCUT2D eigenvalue weighted by Gasteiger charge is 2.09. The van der Waals surface area contributed by atoms with Gasteiger partial charge in [0.15, 0.2) is 0 Å². The minimum Gasteiger partial charge on any atom is -0.321 e. The summed E-state index contributed by atoms with van der Waals surface area (Å²) in [5.74, 6) is -0.938. The Hall–Kier alpha value is -2.93. The molecule has 0 atom stereocenters. The summed E-state index contributed by atoms with van der Waals surface area (Å²) in [5, 5.41) is 11.7. The van der Waals surface area contributed by atoms with Gasteiger partial charge in [-0.2, -0.15) is 5.26 Å². The molecule has 0 fully saturated rings. The Bertz CT molecular complexity index is 744. The smallest absolute Gasteiger partial charge is 0.266 e. The van der Waals surface area contributed by atoms with Crippen LogP contribution in [-0.4, -0.2) is 5.91 Å². The largest absolute Gasteiger partial charge is 0.321 e. The molecule has 0 aliphatic carbocycles. The average Bonchev–Trinajstić information content (AvgIpc) is 2.44. The Morgan fingerprint density at radius 2 is 2.00 bits per heavy atom. The zero-order valence-corrected chi connectivity index (χ0v) is 11.4. The molecular formula is C17H13FN2O. The van der Waals surface area contributed by atoms with Crippen molar-refractivity contribution < 1.29 is 9.18 Å². The molecule has 4 heteroatoms. The normalized spacial score (nSPS) is 10.8. The van der Waals surface area contributed by atoms with Gasteiger partial charge in [-0.3, -0.25) is 4.79 Å². The van der Waals surface area contributed by atoms with Crippen LogP contribution in [0.25, 0.3) is 6.08 Å². The number of rotatable bonds is 3. The summed E-state index contributed by atoms with van der Waals surface area (Å²) in [6, 6.07) is 14.8. The molecule has 3 nitrogen and oxygen atoms in total. The fraction of sp³-hybridized carbons (Fsp3) is 0.0588. The van der Waals surface area contributed by atoms with Gasteiger partial charge in [-0.05, 0) is 48.4 Å². The van der Waals surface area contributed by atoms with Gasteiger partial charge >= 0.3 is 0 Å². The van der Waals surface area contributed by atoms with Crippen LogP contribution in [-0.2, 0) is 4.79 Å². The summed E-state index contributed by atoms with van der Waals surface area (Å²) in [6.07, 6.45) is 1.36. The molecule has 2 aromatic carbocycles. The van der Waals surface area contributed by atoms with E-state index in [4.69, 9.17) is 5.26 Å². The van der Waals surface area contributed by atoms with Gasteiger partial charge in [0.2, 0.25) is 0 Å². The number of nitriles is 1. The summed E-state index contributed by atoms with van der Waals surface area (Å²) in [6.45, 7) is 1.91. The Kier molecular flexibility index (Phi) is 4.47. The van der Waals surface area contributed by atoms with E-state index in [2.05, 4.69) is 5.32 Å². The highest BCUT2D eigenvalue weighted by Crippen LogP contribution is 2.13. The number of carbonyl (C=O) groups is 1. The van der Waals surface area contributed by atoms with Gasteiger partial charge in [0.05, 0.1) is 0 Å².